The van der Waals surface area contributed by atoms with Crippen LogP contribution in [0.3, 0.4) is 0 Å². The summed E-state index contributed by atoms with van der Waals surface area (Å²) in [4.78, 5) is 23.4. The predicted molar refractivity (Wildman–Crippen MR) is 117 cm³/mol. The van der Waals surface area contributed by atoms with Crippen molar-refractivity contribution in [2.24, 2.45) is 5.10 Å². The summed E-state index contributed by atoms with van der Waals surface area (Å²) in [6.45, 7) is 2.71. The number of nitrogens with one attached hydrogen (secondary N) is 2. The van der Waals surface area contributed by atoms with Gasteiger partial charge in [-0.2, -0.15) is 5.10 Å². The van der Waals surface area contributed by atoms with Crippen molar-refractivity contribution >= 4 is 54.9 Å². The van der Waals surface area contributed by atoms with Crippen molar-refractivity contribution in [2.75, 3.05) is 22.4 Å². The van der Waals surface area contributed by atoms with Crippen molar-refractivity contribution in [1.29, 1.82) is 0 Å². The number of para-hydroxylation sites is 1. The van der Waals surface area contributed by atoms with E-state index in [0.717, 1.165) is 16.1 Å². The van der Waals surface area contributed by atoms with Gasteiger partial charge in [0.05, 0.1) is 17.7 Å². The van der Waals surface area contributed by atoms with E-state index in [1.807, 2.05) is 0 Å². The molecular formula is C19H21BrN4O4S. The molecule has 10 heteroatoms. The first-order chi connectivity index (χ1) is 13.6. The van der Waals surface area contributed by atoms with Crippen molar-refractivity contribution in [2.45, 2.75) is 13.8 Å². The van der Waals surface area contributed by atoms with Crippen molar-refractivity contribution in [3.05, 3.63) is 58.6 Å². The van der Waals surface area contributed by atoms with Crippen LogP contribution in [0.2, 0.25) is 0 Å². The van der Waals surface area contributed by atoms with E-state index < -0.39 is 22.5 Å². The van der Waals surface area contributed by atoms with E-state index in [4.69, 9.17) is 0 Å². The van der Waals surface area contributed by atoms with Gasteiger partial charge < -0.3 is 5.32 Å². The maximum atomic E-state index is 12.3. The van der Waals surface area contributed by atoms with Crippen LogP contribution in [0.25, 0.3) is 0 Å². The molecule has 2 rings (SSSR count). The third kappa shape index (κ3) is 6.68. The monoisotopic (exact) mass is 480 g/mol. The topological polar surface area (TPSA) is 108 Å². The molecule has 0 heterocycles. The number of nitrogens with zero attached hydrogens (tertiary/aromatic N) is 2. The molecule has 0 fully saturated rings. The number of hydrogen-bond donors (Lipinski definition) is 2. The third-order valence-electron chi connectivity index (χ3n) is 3.78. The Bertz CT molecular complexity index is 1040. The summed E-state index contributed by atoms with van der Waals surface area (Å²) in [7, 11) is -3.68. The summed E-state index contributed by atoms with van der Waals surface area (Å²) < 4.78 is 25.8. The van der Waals surface area contributed by atoms with Gasteiger partial charge in [-0.1, -0.05) is 24.3 Å². The van der Waals surface area contributed by atoms with Crippen LogP contribution in [0, 0.1) is 0 Å². The van der Waals surface area contributed by atoms with Crippen LogP contribution in [-0.2, 0) is 19.6 Å². The molecule has 0 radical (unpaired) electrons. The Morgan fingerprint density at radius 2 is 1.69 bits per heavy atom. The summed E-state index contributed by atoms with van der Waals surface area (Å²) in [5.74, 6) is -0.753. The SMILES string of the molecule is CC(=O)Nc1ccc(C(C)=NNC(=O)CN(c2ccccc2Br)S(C)(=O)=O)cc1. The Hall–Kier alpha value is -2.72. The third-order valence-corrected chi connectivity index (χ3v) is 5.58. The number of amides is 2. The zero-order valence-corrected chi connectivity index (χ0v) is 18.5. The number of hydrogen-bond acceptors (Lipinski definition) is 5. The van der Waals surface area contributed by atoms with E-state index in [1.165, 1.54) is 6.92 Å². The van der Waals surface area contributed by atoms with Gasteiger partial charge in [0, 0.05) is 17.1 Å². The fraction of sp³-hybridized carbons (Fsp3) is 0.211. The van der Waals surface area contributed by atoms with Crippen LogP contribution in [-0.4, -0.2) is 38.7 Å². The number of hydrazone groups is 1. The van der Waals surface area contributed by atoms with Gasteiger partial charge in [-0.05, 0) is 52.7 Å². The van der Waals surface area contributed by atoms with E-state index in [1.54, 1.807) is 55.5 Å². The van der Waals surface area contributed by atoms with Gasteiger partial charge in [-0.25, -0.2) is 13.8 Å². The fourth-order valence-corrected chi connectivity index (χ4v) is 3.89. The van der Waals surface area contributed by atoms with Crippen LogP contribution in [0.5, 0.6) is 0 Å². The summed E-state index contributed by atoms with van der Waals surface area (Å²) in [5.41, 5.74) is 4.65. The molecule has 2 amide bonds. The first-order valence-corrected chi connectivity index (χ1v) is 11.2. The zero-order valence-electron chi connectivity index (χ0n) is 16.1. The summed E-state index contributed by atoms with van der Waals surface area (Å²) >= 11 is 3.30. The minimum absolute atomic E-state index is 0.170. The van der Waals surface area contributed by atoms with Gasteiger partial charge in [0.25, 0.3) is 5.91 Å². The highest BCUT2D eigenvalue weighted by molar-refractivity contribution is 9.10. The van der Waals surface area contributed by atoms with Gasteiger partial charge in [0.1, 0.15) is 6.54 Å². The average molecular weight is 481 g/mol. The van der Waals surface area contributed by atoms with Crippen LogP contribution < -0.4 is 15.0 Å². The maximum absolute atomic E-state index is 12.3. The van der Waals surface area contributed by atoms with Gasteiger partial charge in [-0.3, -0.25) is 13.9 Å². The lowest BCUT2D eigenvalue weighted by molar-refractivity contribution is -0.119. The quantitative estimate of drug-likeness (QED) is 0.468. The molecular weight excluding hydrogens is 460 g/mol. The molecule has 0 aliphatic rings. The Morgan fingerprint density at radius 3 is 2.24 bits per heavy atom. The number of benzene rings is 2. The van der Waals surface area contributed by atoms with Crippen LogP contribution in [0.1, 0.15) is 19.4 Å². The number of carbonyl (C=O) groups excluding carboxylic acids is 2. The van der Waals surface area contributed by atoms with Gasteiger partial charge in [0.15, 0.2) is 0 Å². The molecule has 2 aromatic carbocycles. The molecule has 0 bridgehead atoms. The summed E-state index contributed by atoms with van der Waals surface area (Å²) in [6.07, 6.45) is 1.03. The molecule has 0 atom stereocenters. The Morgan fingerprint density at radius 1 is 1.07 bits per heavy atom. The van der Waals surface area contributed by atoms with Crippen LogP contribution in [0.15, 0.2) is 58.1 Å². The first-order valence-electron chi connectivity index (χ1n) is 8.51. The van der Waals surface area contributed by atoms with Crippen LogP contribution >= 0.6 is 15.9 Å². The van der Waals surface area contributed by atoms with Crippen molar-refractivity contribution < 1.29 is 18.0 Å². The number of carbonyl (C=O) groups is 2. The van der Waals surface area contributed by atoms with Crippen molar-refractivity contribution in [3.63, 3.8) is 0 Å². The number of anilines is 2. The lowest BCUT2D eigenvalue weighted by Gasteiger charge is -2.22. The second kappa shape index (κ2) is 9.66. The maximum Gasteiger partial charge on any atom is 0.260 e. The van der Waals surface area contributed by atoms with Gasteiger partial charge >= 0.3 is 0 Å². The molecule has 0 aromatic heterocycles. The van der Waals surface area contributed by atoms with E-state index in [0.29, 0.717) is 21.6 Å². The molecule has 8 nitrogen and oxygen atoms in total. The minimum atomic E-state index is -3.68. The van der Waals surface area contributed by atoms with E-state index in [9.17, 15) is 18.0 Å². The van der Waals surface area contributed by atoms with E-state index >= 15 is 0 Å². The van der Waals surface area contributed by atoms with Crippen molar-refractivity contribution in [1.82, 2.24) is 5.43 Å². The molecule has 0 spiro atoms. The molecule has 0 saturated heterocycles. The minimum Gasteiger partial charge on any atom is -0.326 e. The molecule has 0 aliphatic heterocycles. The lowest BCUT2D eigenvalue weighted by Crippen LogP contribution is -2.39. The smallest absolute Gasteiger partial charge is 0.260 e. The Balaban J connectivity index is 2.10. The lowest BCUT2D eigenvalue weighted by atomic mass is 10.1. The molecule has 2 aromatic rings. The van der Waals surface area contributed by atoms with Gasteiger partial charge in [0.2, 0.25) is 15.9 Å². The Labute approximate surface area is 178 Å². The summed E-state index contributed by atoms with van der Waals surface area (Å²) in [5, 5.41) is 6.69. The van der Waals surface area contributed by atoms with E-state index in [2.05, 4.69) is 31.8 Å². The standard InChI is InChI=1S/C19H21BrN4O4S/c1-13(15-8-10-16(11-9-15)21-14(2)25)22-23-19(26)12-24(29(3,27)28)18-7-5-4-6-17(18)20/h4-11H,12H2,1-3H3,(H,21,25)(H,23,26). The second-order valence-corrected chi connectivity index (χ2v) is 8.97. The Kier molecular flexibility index (Phi) is 7.52. The fourth-order valence-electron chi connectivity index (χ4n) is 2.41. The second-order valence-electron chi connectivity index (χ2n) is 6.21. The highest BCUT2D eigenvalue weighted by Gasteiger charge is 2.22. The van der Waals surface area contributed by atoms with Crippen molar-refractivity contribution in [3.8, 4) is 0 Å². The number of rotatable bonds is 7. The predicted octanol–water partition coefficient (Wildman–Crippen LogP) is 2.71. The molecule has 0 unspecified atom stereocenters. The van der Waals surface area contributed by atoms with Gasteiger partial charge in [-0.15, -0.1) is 0 Å². The normalized spacial score (nSPS) is 11.7. The molecule has 2 N–H and O–H groups in total. The summed E-state index contributed by atoms with van der Waals surface area (Å²) in [6, 6.07) is 13.7. The zero-order chi connectivity index (χ0) is 21.6. The molecule has 154 valence electrons. The average Bonchev–Trinajstić information content (AvgIpc) is 2.64. The highest BCUT2D eigenvalue weighted by Crippen LogP contribution is 2.27. The van der Waals surface area contributed by atoms with E-state index in [-0.39, 0.29) is 5.91 Å². The molecule has 0 saturated carbocycles. The largest absolute Gasteiger partial charge is 0.326 e. The number of sulfonamides is 1. The first kappa shape index (κ1) is 22.6. The molecule has 29 heavy (non-hydrogen) atoms. The highest BCUT2D eigenvalue weighted by atomic mass is 79.9. The number of halogens is 1. The molecule has 0 aliphatic carbocycles. The van der Waals surface area contributed by atoms with Crippen LogP contribution in [0.4, 0.5) is 11.4 Å².